The zero-order valence-electron chi connectivity index (χ0n) is 9.59. The fraction of sp³-hybridized carbons (Fsp3) is 0.0769. The van der Waals surface area contributed by atoms with Gasteiger partial charge in [0.15, 0.2) is 0 Å². The number of rotatable bonds is 2. The van der Waals surface area contributed by atoms with Crippen molar-refractivity contribution in [3.63, 3.8) is 0 Å². The average Bonchev–Trinajstić information content (AvgIpc) is 2.77. The number of nitrogens with two attached hydrogens (primary N) is 1. The number of oxime groups is 1. The van der Waals surface area contributed by atoms with Crippen LogP contribution in [0, 0.1) is 0 Å². The minimum atomic E-state index is 0.154. The molecule has 0 bridgehead atoms. The molecule has 2 aromatic heterocycles. The van der Waals surface area contributed by atoms with Crippen molar-refractivity contribution in [1.82, 2.24) is 9.97 Å². The summed E-state index contributed by atoms with van der Waals surface area (Å²) in [5, 5.41) is 13.8. The van der Waals surface area contributed by atoms with E-state index in [1.165, 1.54) is 0 Å². The highest BCUT2D eigenvalue weighted by Gasteiger charge is 2.06. The molecule has 90 valence electrons. The molecular formula is C13H12N4O. The van der Waals surface area contributed by atoms with Crippen molar-refractivity contribution in [1.29, 1.82) is 0 Å². The van der Waals surface area contributed by atoms with Crippen LogP contribution in [0.2, 0.25) is 0 Å². The van der Waals surface area contributed by atoms with E-state index in [-0.39, 0.29) is 5.84 Å². The molecule has 0 fully saturated rings. The van der Waals surface area contributed by atoms with Gasteiger partial charge in [0.1, 0.15) is 5.84 Å². The van der Waals surface area contributed by atoms with Gasteiger partial charge in [-0.1, -0.05) is 23.4 Å². The average molecular weight is 240 g/mol. The molecule has 5 heteroatoms. The van der Waals surface area contributed by atoms with Gasteiger partial charge in [0.05, 0.1) is 18.1 Å². The summed E-state index contributed by atoms with van der Waals surface area (Å²) in [7, 11) is 0. The summed E-state index contributed by atoms with van der Waals surface area (Å²) in [5.74, 6) is 0.154. The first-order chi connectivity index (χ1) is 8.78. The van der Waals surface area contributed by atoms with Gasteiger partial charge in [-0.2, -0.15) is 0 Å². The molecule has 0 aliphatic heterocycles. The SMILES string of the molecule is NC(Cc1cc2c(cn1)[nH]c1ccccc12)=NO. The largest absolute Gasteiger partial charge is 0.409 e. The molecule has 18 heavy (non-hydrogen) atoms. The molecule has 1 aromatic carbocycles. The van der Waals surface area contributed by atoms with Crippen LogP contribution in [0.5, 0.6) is 0 Å². The summed E-state index contributed by atoms with van der Waals surface area (Å²) in [6.07, 6.45) is 2.11. The molecule has 3 rings (SSSR count). The first kappa shape index (κ1) is 10.6. The number of amidine groups is 1. The van der Waals surface area contributed by atoms with Gasteiger partial charge >= 0.3 is 0 Å². The van der Waals surface area contributed by atoms with Gasteiger partial charge in [-0.25, -0.2) is 0 Å². The Hall–Kier alpha value is -2.56. The topological polar surface area (TPSA) is 87.3 Å². The lowest BCUT2D eigenvalue weighted by Crippen LogP contribution is -2.15. The van der Waals surface area contributed by atoms with Crippen molar-refractivity contribution in [3.8, 4) is 0 Å². The number of aromatic amines is 1. The van der Waals surface area contributed by atoms with Gasteiger partial charge in [-0.15, -0.1) is 0 Å². The number of pyridine rings is 1. The number of benzene rings is 1. The maximum Gasteiger partial charge on any atom is 0.145 e. The number of hydrogen-bond donors (Lipinski definition) is 3. The summed E-state index contributed by atoms with van der Waals surface area (Å²) < 4.78 is 0. The lowest BCUT2D eigenvalue weighted by molar-refractivity contribution is 0.317. The summed E-state index contributed by atoms with van der Waals surface area (Å²) in [6.45, 7) is 0. The van der Waals surface area contributed by atoms with E-state index in [1.807, 2.05) is 24.3 Å². The number of hydrogen-bond acceptors (Lipinski definition) is 3. The Morgan fingerprint density at radius 3 is 2.94 bits per heavy atom. The molecule has 0 saturated carbocycles. The Morgan fingerprint density at radius 1 is 1.28 bits per heavy atom. The molecule has 0 unspecified atom stereocenters. The standard InChI is InChI=1S/C13H12N4O/c14-13(17-18)6-8-5-10-9-3-1-2-4-11(9)16-12(10)7-15-8/h1-5,7,16,18H,6H2,(H2,14,17). The molecule has 5 nitrogen and oxygen atoms in total. The predicted molar refractivity (Wildman–Crippen MR) is 70.7 cm³/mol. The first-order valence-corrected chi connectivity index (χ1v) is 5.59. The number of fused-ring (bicyclic) bond motifs is 3. The molecule has 0 aliphatic rings. The van der Waals surface area contributed by atoms with Crippen LogP contribution in [0.4, 0.5) is 0 Å². The molecule has 0 radical (unpaired) electrons. The van der Waals surface area contributed by atoms with Gasteiger partial charge in [0.25, 0.3) is 0 Å². The highest BCUT2D eigenvalue weighted by molar-refractivity contribution is 6.07. The van der Waals surface area contributed by atoms with Crippen LogP contribution >= 0.6 is 0 Å². The second-order valence-electron chi connectivity index (χ2n) is 4.16. The van der Waals surface area contributed by atoms with Crippen molar-refractivity contribution in [3.05, 3.63) is 42.2 Å². The molecule has 3 aromatic rings. The molecule has 0 amide bonds. The smallest absolute Gasteiger partial charge is 0.145 e. The van der Waals surface area contributed by atoms with Crippen LogP contribution in [0.25, 0.3) is 21.8 Å². The third-order valence-electron chi connectivity index (χ3n) is 2.94. The summed E-state index contributed by atoms with van der Waals surface area (Å²) >= 11 is 0. The fourth-order valence-corrected chi connectivity index (χ4v) is 2.11. The third kappa shape index (κ3) is 1.66. The molecule has 0 spiro atoms. The van der Waals surface area contributed by atoms with Gasteiger partial charge in [-0.05, 0) is 12.1 Å². The molecular weight excluding hydrogens is 228 g/mol. The molecule has 0 saturated heterocycles. The number of para-hydroxylation sites is 1. The Balaban J connectivity index is 2.18. The Labute approximate surface area is 103 Å². The van der Waals surface area contributed by atoms with E-state index in [9.17, 15) is 0 Å². The summed E-state index contributed by atoms with van der Waals surface area (Å²) in [5.41, 5.74) is 8.33. The Bertz CT molecular complexity index is 745. The fourth-order valence-electron chi connectivity index (χ4n) is 2.11. The molecule has 0 aliphatic carbocycles. The van der Waals surface area contributed by atoms with E-state index < -0.39 is 0 Å². The van der Waals surface area contributed by atoms with E-state index in [2.05, 4.69) is 21.2 Å². The van der Waals surface area contributed by atoms with Gasteiger partial charge in [0, 0.05) is 22.0 Å². The lowest BCUT2D eigenvalue weighted by Gasteiger charge is -1.99. The van der Waals surface area contributed by atoms with Crippen LogP contribution in [-0.4, -0.2) is 21.0 Å². The number of nitrogens with zero attached hydrogens (tertiary/aromatic N) is 2. The second kappa shape index (κ2) is 4.03. The number of aromatic nitrogens is 2. The van der Waals surface area contributed by atoms with Crippen molar-refractivity contribution in [2.75, 3.05) is 0 Å². The maximum atomic E-state index is 8.57. The van der Waals surface area contributed by atoms with Crippen LogP contribution in [-0.2, 0) is 6.42 Å². The van der Waals surface area contributed by atoms with E-state index in [1.54, 1.807) is 6.20 Å². The number of nitrogens with one attached hydrogen (secondary N) is 1. The van der Waals surface area contributed by atoms with Crippen molar-refractivity contribution in [2.24, 2.45) is 10.9 Å². The van der Waals surface area contributed by atoms with Gasteiger partial charge in [-0.3, -0.25) is 4.98 Å². The van der Waals surface area contributed by atoms with E-state index in [4.69, 9.17) is 10.9 Å². The number of H-pyrrole nitrogens is 1. The van der Waals surface area contributed by atoms with Crippen molar-refractivity contribution < 1.29 is 5.21 Å². The zero-order valence-corrected chi connectivity index (χ0v) is 9.59. The van der Waals surface area contributed by atoms with Crippen LogP contribution in [0.3, 0.4) is 0 Å². The van der Waals surface area contributed by atoms with Crippen molar-refractivity contribution in [2.45, 2.75) is 6.42 Å². The van der Waals surface area contributed by atoms with Crippen LogP contribution < -0.4 is 5.73 Å². The lowest BCUT2D eigenvalue weighted by atomic mass is 10.1. The monoisotopic (exact) mass is 240 g/mol. The Morgan fingerprint density at radius 2 is 2.11 bits per heavy atom. The van der Waals surface area contributed by atoms with Crippen LogP contribution in [0.1, 0.15) is 5.69 Å². The maximum absolute atomic E-state index is 8.57. The Kier molecular flexibility index (Phi) is 2.37. The quantitative estimate of drug-likeness (QED) is 0.277. The summed E-state index contributed by atoms with van der Waals surface area (Å²) in [6, 6.07) is 10.0. The highest BCUT2D eigenvalue weighted by Crippen LogP contribution is 2.24. The minimum Gasteiger partial charge on any atom is -0.409 e. The summed E-state index contributed by atoms with van der Waals surface area (Å²) in [4.78, 5) is 7.59. The van der Waals surface area contributed by atoms with E-state index in [0.29, 0.717) is 6.42 Å². The zero-order chi connectivity index (χ0) is 12.5. The first-order valence-electron chi connectivity index (χ1n) is 5.59. The normalized spacial score (nSPS) is 12.3. The third-order valence-corrected chi connectivity index (χ3v) is 2.94. The van der Waals surface area contributed by atoms with Gasteiger partial charge < -0.3 is 15.9 Å². The van der Waals surface area contributed by atoms with Crippen LogP contribution in [0.15, 0.2) is 41.7 Å². The molecule has 4 N–H and O–H groups in total. The highest BCUT2D eigenvalue weighted by atomic mass is 16.4. The van der Waals surface area contributed by atoms with E-state index in [0.717, 1.165) is 27.5 Å². The van der Waals surface area contributed by atoms with Crippen molar-refractivity contribution >= 4 is 27.6 Å². The predicted octanol–water partition coefficient (Wildman–Crippen LogP) is 2.00. The van der Waals surface area contributed by atoms with E-state index >= 15 is 0 Å². The minimum absolute atomic E-state index is 0.154. The molecule has 2 heterocycles. The second-order valence-corrected chi connectivity index (χ2v) is 4.16. The van der Waals surface area contributed by atoms with Gasteiger partial charge in [0.2, 0.25) is 0 Å². The molecule has 0 atom stereocenters.